The molecule has 101 heavy (non-hydrogen) atoms. The zero-order valence-corrected chi connectivity index (χ0v) is 61.7. The molecule has 33 nitrogen and oxygen atoms in total. The molecule has 4 aromatic carbocycles. The molecular formula is C64H86N14NaO19S3-. The van der Waals surface area contributed by atoms with Crippen molar-refractivity contribution in [2.75, 3.05) is 92.5 Å². The number of thioether (sulfide) groups is 1. The summed E-state index contributed by atoms with van der Waals surface area (Å²) in [4.78, 5) is 89.6. The van der Waals surface area contributed by atoms with Crippen LogP contribution in [-0.4, -0.2) is 192 Å². The minimum absolute atomic E-state index is 0. The number of rotatable bonds is 17. The summed E-state index contributed by atoms with van der Waals surface area (Å²) in [6.07, 6.45) is 9.24. The van der Waals surface area contributed by atoms with Gasteiger partial charge in [0.2, 0.25) is 20.9 Å². The van der Waals surface area contributed by atoms with Gasteiger partial charge in [-0.15, -0.1) is 0 Å². The molecule has 6 aromatic rings. The molecule has 0 aliphatic carbocycles. The van der Waals surface area contributed by atoms with Crippen molar-refractivity contribution < 1.29 is 123 Å². The number of aromatic nitrogens is 4. The number of nitrogens with zero attached hydrogens (tertiary/aromatic N) is 7. The summed E-state index contributed by atoms with van der Waals surface area (Å²) in [5.74, 6) is -1.71. The first-order valence-corrected chi connectivity index (χ1v) is 35.2. The Morgan fingerprint density at radius 3 is 1.48 bits per heavy atom. The Labute approximate surface area is 613 Å². The van der Waals surface area contributed by atoms with E-state index in [0.717, 1.165) is 62.6 Å². The number of anilines is 5. The number of carbonyl (C=O) groups excluding carboxylic acids is 6. The third-order valence-corrected chi connectivity index (χ3v) is 14.9. The first kappa shape index (κ1) is 88.3. The Kier molecular flexibility index (Phi) is 40.7. The molecule has 546 valence electrons. The van der Waals surface area contributed by atoms with Gasteiger partial charge in [0.1, 0.15) is 13.2 Å². The third-order valence-electron chi connectivity index (χ3n) is 13.6. The molecule has 4 fully saturated rings. The molecule has 4 unspecified atom stereocenters. The van der Waals surface area contributed by atoms with Gasteiger partial charge in [0.25, 0.3) is 11.1 Å². The number of esters is 2. The molecule has 4 bridgehead atoms. The second kappa shape index (κ2) is 46.6. The van der Waals surface area contributed by atoms with Gasteiger partial charge in [-0.2, -0.15) is 0 Å². The van der Waals surface area contributed by atoms with Crippen LogP contribution >= 0.6 is 11.8 Å². The summed E-state index contributed by atoms with van der Waals surface area (Å²) in [6.45, 7) is 13.4. The van der Waals surface area contributed by atoms with Gasteiger partial charge in [0, 0.05) is 98.9 Å². The number of carboxylic acid groups (broad SMARTS) is 1. The van der Waals surface area contributed by atoms with Crippen molar-refractivity contribution >= 4 is 102 Å². The Morgan fingerprint density at radius 2 is 1.09 bits per heavy atom. The first-order chi connectivity index (χ1) is 47.4. The molecular weight excluding hydrogens is 1390 g/mol. The van der Waals surface area contributed by atoms with Gasteiger partial charge >= 0.3 is 53.7 Å². The second-order valence-corrected chi connectivity index (χ2v) is 24.7. The van der Waals surface area contributed by atoms with Gasteiger partial charge < -0.3 is 90.0 Å². The largest absolute Gasteiger partial charge is 1.00 e. The van der Waals surface area contributed by atoms with Crippen molar-refractivity contribution in [1.29, 1.82) is 0 Å². The molecule has 37 heteroatoms. The maximum Gasteiger partial charge on any atom is 1.00 e. The van der Waals surface area contributed by atoms with Gasteiger partial charge in [-0.05, 0) is 101 Å². The van der Waals surface area contributed by atoms with E-state index < -0.39 is 38.5 Å². The molecule has 10 rings (SSSR count). The van der Waals surface area contributed by atoms with Crippen LogP contribution in [0.3, 0.4) is 0 Å². The molecule has 3 amide bonds. The van der Waals surface area contributed by atoms with Crippen LogP contribution in [0.15, 0.2) is 139 Å². The van der Waals surface area contributed by atoms with Gasteiger partial charge in [0.15, 0.2) is 6.29 Å². The van der Waals surface area contributed by atoms with E-state index in [1.807, 2.05) is 97.8 Å². The first-order valence-electron chi connectivity index (χ1n) is 30.8. The second-order valence-electron chi connectivity index (χ2n) is 21.1. The van der Waals surface area contributed by atoms with Crippen LogP contribution < -0.4 is 78.5 Å². The van der Waals surface area contributed by atoms with Crippen LogP contribution in [-0.2, 0) is 71.5 Å². The SMILES string of the molecule is CC(=O)[O-].CCOC(=O)CC(OCC)OCC.CCOC(=O)c1cnc(S(C)(=O)=O)nc1.CSC(N)=[NH2+].Nc1ccccc1N.Nc1ccccc1NC(=O)c1cnc(N2CC3CC2CN3C(=O)OCc2ccccc2)nc1.O=C(OCc1ccccc1)N1CC2CC1CN2.O=S(=O)([O-])[O-].[Na+]. The number of para-hydroxylation sites is 4. The minimum atomic E-state index is -5.17. The van der Waals surface area contributed by atoms with Crippen molar-refractivity contribution in [2.24, 2.45) is 5.73 Å². The normalized spacial score (nSPS) is 15.5. The smallest absolute Gasteiger partial charge is 0.759 e. The van der Waals surface area contributed by atoms with E-state index in [0.29, 0.717) is 91.0 Å². The monoisotopic (exact) mass is 1470 g/mol. The predicted molar refractivity (Wildman–Crippen MR) is 368 cm³/mol. The quantitative estimate of drug-likeness (QED) is 0.00571. The predicted octanol–water partition coefficient (Wildman–Crippen LogP) is -0.628. The number of amidine groups is 1. The molecule has 4 atom stereocenters. The maximum atomic E-state index is 12.5. The number of aliphatic carboxylic acids is 1. The Hall–Kier alpha value is -8.82. The van der Waals surface area contributed by atoms with Crippen LogP contribution in [0, 0.1) is 0 Å². The standard InChI is InChI=1S/C24H24N6O3.C13H16N2O2.C9H18O4.C8H10N2O4S.C6H8N2.C2H6N2S.C2H4O2.Na.H2O4S/c25-20-8-4-5-9-21(20)28-22(31)17-11-26-23(27-12-17)29-13-19-10-18(29)14-30(19)24(32)33-15-16-6-2-1-3-7-16;16-13(15-8-11-6-12(15)7-14-11)17-9-10-4-2-1-3-5-10;1-4-11-8(10)7-9(12-5-2)13-6-3;1-3-14-7(11)6-4-9-8(10-5-6)15(2,12)13;7-5-3-1-2-4-6(5)8;1-5-2(3)4;1-2(3)4;;1-5(2,3)4/h1-9,11-12,18-19H,10,13-15,25H2,(H,28,31);1-5,11-12,14H,6-9H2;9H,4-7H2,1-3H3;4-5H,3H2,1-2H3;1-4H,7-8H2;1H3,(H3,3,4);1H3,(H,3,4);;(H2,1,2,3,4)/q;;;;;;;+1;/p-2. The van der Waals surface area contributed by atoms with Crippen LogP contribution in [0.4, 0.5) is 38.3 Å². The summed E-state index contributed by atoms with van der Waals surface area (Å²) >= 11 is 1.35. The van der Waals surface area contributed by atoms with Gasteiger partial charge in [0.05, 0.1) is 65.6 Å². The van der Waals surface area contributed by atoms with E-state index >= 15 is 0 Å². The van der Waals surface area contributed by atoms with E-state index in [-0.39, 0.29) is 96.1 Å². The topological polar surface area (TPSA) is 510 Å². The van der Waals surface area contributed by atoms with Crippen molar-refractivity contribution in [1.82, 2.24) is 35.1 Å². The van der Waals surface area contributed by atoms with Crippen LogP contribution in [0.2, 0.25) is 0 Å². The zero-order chi connectivity index (χ0) is 74.4. The van der Waals surface area contributed by atoms with E-state index in [4.69, 9.17) is 79.5 Å². The Balaban J connectivity index is 0.000000436. The number of hydrogen-bond donors (Lipinski definition) is 7. The number of hydrogen-bond acceptors (Lipinski definition) is 29. The number of nitrogen functional groups attached to an aromatic ring is 3. The van der Waals surface area contributed by atoms with E-state index in [9.17, 15) is 32.4 Å². The zero-order valence-electron chi connectivity index (χ0n) is 57.3. The van der Waals surface area contributed by atoms with Gasteiger partial charge in [-0.25, -0.2) is 42.7 Å². The van der Waals surface area contributed by atoms with Crippen LogP contribution in [0.5, 0.6) is 0 Å². The molecule has 0 saturated carbocycles. The number of amides is 3. The summed E-state index contributed by atoms with van der Waals surface area (Å²) in [5, 5.41) is 20.1. The molecule has 6 heterocycles. The van der Waals surface area contributed by atoms with Crippen LogP contribution in [0.25, 0.3) is 0 Å². The Bertz CT molecular complexity index is 3720. The van der Waals surface area contributed by atoms with Crippen molar-refractivity contribution in [2.45, 2.75) is 103 Å². The number of sulfone groups is 1. The molecule has 4 saturated heterocycles. The van der Waals surface area contributed by atoms with E-state index in [1.165, 1.54) is 24.2 Å². The summed E-state index contributed by atoms with van der Waals surface area (Å²) < 4.78 is 86.7. The van der Waals surface area contributed by atoms with Crippen molar-refractivity contribution in [3.8, 4) is 0 Å². The average molecular weight is 1470 g/mol. The van der Waals surface area contributed by atoms with Crippen molar-refractivity contribution in [3.63, 3.8) is 0 Å². The van der Waals surface area contributed by atoms with E-state index in [1.54, 1.807) is 55.1 Å². The number of benzene rings is 4. The molecule has 4 aliphatic heterocycles. The molecule has 2 aromatic heterocycles. The molecule has 12 N–H and O–H groups in total. The summed E-state index contributed by atoms with van der Waals surface area (Å²) in [7, 11) is -8.60. The maximum absolute atomic E-state index is 12.5. The molecule has 0 spiro atoms. The van der Waals surface area contributed by atoms with Crippen LogP contribution in [0.1, 0.15) is 85.7 Å². The number of carboxylic acids is 1. The molecule has 4 aliphatic rings. The number of carbonyl (C=O) groups is 6. The fourth-order valence-electron chi connectivity index (χ4n) is 9.15. The third kappa shape index (κ3) is 34.9. The number of likely N-dealkylation sites (tertiary alicyclic amines) is 2. The number of fused-ring (bicyclic) bond motifs is 4. The average Bonchev–Trinajstić information content (AvgIpc) is 1.63. The minimum Gasteiger partial charge on any atom is -0.759 e. The fourth-order valence-corrected chi connectivity index (χ4v) is 9.64. The summed E-state index contributed by atoms with van der Waals surface area (Å²) in [6, 6.07) is 34.7. The number of ether oxygens (including phenoxy) is 6. The Morgan fingerprint density at radius 1 is 0.644 bits per heavy atom. The number of nitrogens with two attached hydrogens (primary N) is 5. The number of nitrogens with one attached hydrogen (secondary N) is 2. The van der Waals surface area contributed by atoms with Gasteiger partial charge in [-0.1, -0.05) is 84.9 Å². The van der Waals surface area contributed by atoms with E-state index in [2.05, 4.69) is 40.2 Å². The van der Waals surface area contributed by atoms with Gasteiger partial charge in [-0.3, -0.25) is 29.1 Å². The molecule has 0 radical (unpaired) electrons. The van der Waals surface area contributed by atoms with Crippen molar-refractivity contribution in [3.05, 3.63) is 156 Å². The number of piperazine rings is 2. The fraction of sp³-hybridized carbons (Fsp3) is 0.391. The summed E-state index contributed by atoms with van der Waals surface area (Å²) in [5.41, 5.74) is 26.4.